The molecule has 2 aromatic carbocycles. The fourth-order valence-corrected chi connectivity index (χ4v) is 3.94. The molecule has 1 atom stereocenters. The van der Waals surface area contributed by atoms with Gasteiger partial charge in [-0.05, 0) is 66.4 Å². The summed E-state index contributed by atoms with van der Waals surface area (Å²) in [4.78, 5) is 17.1. The van der Waals surface area contributed by atoms with Gasteiger partial charge in [0.2, 0.25) is 0 Å². The van der Waals surface area contributed by atoms with Crippen LogP contribution in [0.1, 0.15) is 56.0 Å². The molecule has 0 bridgehead atoms. The quantitative estimate of drug-likeness (QED) is 0.336. The van der Waals surface area contributed by atoms with Gasteiger partial charge >= 0.3 is 0 Å². The second-order valence-corrected chi connectivity index (χ2v) is 9.12. The first-order valence-electron chi connectivity index (χ1n) is 11.3. The number of carbonyl (C=O) groups is 1. The summed E-state index contributed by atoms with van der Waals surface area (Å²) < 4.78 is 0. The Morgan fingerprint density at radius 2 is 1.84 bits per heavy atom. The van der Waals surface area contributed by atoms with E-state index in [1.807, 2.05) is 58.2 Å². The van der Waals surface area contributed by atoms with Crippen molar-refractivity contribution in [2.45, 2.75) is 46.5 Å². The number of rotatable bonds is 6. The number of carbonyl (C=O) groups excluding carboxylic acids is 1. The SMILES string of the molecule is C=CCCC.C=CN(/C=C\P)c1ccc(C(=O)N2CCC(C)(C)Cc3ccccc32)cc1. The molecule has 1 aliphatic rings. The lowest BCUT2D eigenvalue weighted by atomic mass is 9.83. The average Bonchev–Trinajstić information content (AvgIpc) is 2.93. The summed E-state index contributed by atoms with van der Waals surface area (Å²) in [5.41, 5.74) is 4.14. The fourth-order valence-electron chi connectivity index (χ4n) is 3.75. The first kappa shape index (κ1) is 25.6. The number of nitrogens with zero attached hydrogens (tertiary/aromatic N) is 2. The first-order valence-corrected chi connectivity index (χ1v) is 11.9. The molecule has 1 heterocycles. The Labute approximate surface area is 196 Å². The van der Waals surface area contributed by atoms with Gasteiger partial charge in [0.1, 0.15) is 0 Å². The van der Waals surface area contributed by atoms with Crippen molar-refractivity contribution in [3.8, 4) is 0 Å². The van der Waals surface area contributed by atoms with Crippen LogP contribution < -0.4 is 9.80 Å². The van der Waals surface area contributed by atoms with E-state index in [4.69, 9.17) is 0 Å². The number of hydrogen-bond acceptors (Lipinski definition) is 2. The van der Waals surface area contributed by atoms with Crippen LogP contribution in [0.2, 0.25) is 0 Å². The lowest BCUT2D eigenvalue weighted by Gasteiger charge is -2.24. The molecule has 0 aliphatic carbocycles. The number of fused-ring (bicyclic) bond motifs is 1. The third-order valence-corrected chi connectivity index (χ3v) is 5.73. The van der Waals surface area contributed by atoms with Crippen LogP contribution >= 0.6 is 9.24 Å². The summed E-state index contributed by atoms with van der Waals surface area (Å²) in [6, 6.07) is 16.0. The maximum absolute atomic E-state index is 13.3. The number of unbranched alkanes of at least 4 members (excludes halogenated alkanes) is 1. The van der Waals surface area contributed by atoms with Gasteiger partial charge < -0.3 is 9.80 Å². The second kappa shape index (κ2) is 12.4. The molecule has 1 unspecified atom stereocenters. The lowest BCUT2D eigenvalue weighted by molar-refractivity contribution is 0.0985. The van der Waals surface area contributed by atoms with Crippen molar-refractivity contribution in [1.29, 1.82) is 0 Å². The topological polar surface area (TPSA) is 23.6 Å². The zero-order valence-electron chi connectivity index (χ0n) is 19.8. The van der Waals surface area contributed by atoms with Crippen LogP contribution in [0.25, 0.3) is 0 Å². The zero-order chi connectivity index (χ0) is 23.6. The summed E-state index contributed by atoms with van der Waals surface area (Å²) in [6.45, 7) is 14.8. The molecule has 0 saturated carbocycles. The molecule has 4 heteroatoms. The van der Waals surface area contributed by atoms with E-state index in [1.54, 1.807) is 6.20 Å². The number of allylic oxidation sites excluding steroid dienone is 1. The van der Waals surface area contributed by atoms with Crippen molar-refractivity contribution < 1.29 is 4.79 Å². The van der Waals surface area contributed by atoms with E-state index in [1.165, 1.54) is 12.0 Å². The van der Waals surface area contributed by atoms with Crippen LogP contribution in [0.4, 0.5) is 11.4 Å². The highest BCUT2D eigenvalue weighted by Gasteiger charge is 2.29. The van der Waals surface area contributed by atoms with E-state index >= 15 is 0 Å². The number of hydrogen-bond donors (Lipinski definition) is 0. The molecule has 0 saturated heterocycles. The van der Waals surface area contributed by atoms with Gasteiger partial charge in [0.15, 0.2) is 0 Å². The molecule has 2 aromatic rings. The minimum Gasteiger partial charge on any atom is -0.324 e. The zero-order valence-corrected chi connectivity index (χ0v) is 20.9. The Hall–Kier alpha value is -2.64. The predicted octanol–water partition coefficient (Wildman–Crippen LogP) is 7.57. The highest BCUT2D eigenvalue weighted by atomic mass is 31.0. The smallest absolute Gasteiger partial charge is 0.258 e. The summed E-state index contributed by atoms with van der Waals surface area (Å²) in [7, 11) is 2.55. The molecule has 3 nitrogen and oxygen atoms in total. The summed E-state index contributed by atoms with van der Waals surface area (Å²) in [6.07, 6.45) is 9.92. The molecular weight excluding hydrogens is 411 g/mol. The van der Waals surface area contributed by atoms with Crippen molar-refractivity contribution in [3.05, 3.63) is 97.1 Å². The minimum absolute atomic E-state index is 0.0541. The molecule has 3 rings (SSSR count). The minimum atomic E-state index is 0.0541. The van der Waals surface area contributed by atoms with E-state index in [0.29, 0.717) is 5.56 Å². The van der Waals surface area contributed by atoms with Crippen LogP contribution in [0, 0.1) is 5.41 Å². The monoisotopic (exact) mass is 448 g/mol. The molecule has 0 N–H and O–H groups in total. The van der Waals surface area contributed by atoms with E-state index in [9.17, 15) is 4.79 Å². The molecule has 1 amide bonds. The van der Waals surface area contributed by atoms with Gasteiger partial charge in [0.25, 0.3) is 5.91 Å². The number of benzene rings is 2. The van der Waals surface area contributed by atoms with Gasteiger partial charge in [0, 0.05) is 35.9 Å². The summed E-state index contributed by atoms with van der Waals surface area (Å²) >= 11 is 0. The predicted molar refractivity (Wildman–Crippen MR) is 143 cm³/mol. The van der Waals surface area contributed by atoms with Crippen LogP contribution in [0.3, 0.4) is 0 Å². The van der Waals surface area contributed by atoms with E-state index < -0.39 is 0 Å². The van der Waals surface area contributed by atoms with Gasteiger partial charge in [-0.2, -0.15) is 0 Å². The van der Waals surface area contributed by atoms with Gasteiger partial charge in [0.05, 0.1) is 0 Å². The molecule has 0 radical (unpaired) electrons. The number of amides is 1. The van der Waals surface area contributed by atoms with Crippen LogP contribution in [-0.2, 0) is 6.42 Å². The molecule has 0 fully saturated rings. The average molecular weight is 449 g/mol. The van der Waals surface area contributed by atoms with Crippen LogP contribution in [0.15, 0.2) is 86.0 Å². The third kappa shape index (κ3) is 6.93. The van der Waals surface area contributed by atoms with Crippen molar-refractivity contribution >= 4 is 26.5 Å². The Bertz CT molecular complexity index is 931. The maximum atomic E-state index is 13.3. The summed E-state index contributed by atoms with van der Waals surface area (Å²) in [5, 5.41) is 0. The summed E-state index contributed by atoms with van der Waals surface area (Å²) in [5.74, 6) is 1.93. The van der Waals surface area contributed by atoms with Gasteiger partial charge in [-0.3, -0.25) is 4.79 Å². The Morgan fingerprint density at radius 3 is 2.41 bits per heavy atom. The van der Waals surface area contributed by atoms with E-state index in [-0.39, 0.29) is 11.3 Å². The van der Waals surface area contributed by atoms with E-state index in [2.05, 4.69) is 61.4 Å². The normalized spacial score (nSPS) is 14.6. The molecular formula is C28H37N2OP. The Balaban J connectivity index is 0.000000654. The maximum Gasteiger partial charge on any atom is 0.258 e. The standard InChI is InChI=1S/C23H27N2OP.C5H10/c1-4-24(15-16-27)20-11-9-18(10-12-20)22(26)25-14-13-23(2,3)17-19-7-5-6-8-21(19)25;1-3-5-4-2/h4-12,15-16H,1,13-14,17,27H2,2-3H3;3H,1,4-5H2,2H3/b16-15-;. The molecule has 170 valence electrons. The Kier molecular flexibility index (Phi) is 9.94. The first-order chi connectivity index (χ1) is 15.4. The van der Waals surface area contributed by atoms with Gasteiger partial charge in [-0.1, -0.05) is 58.0 Å². The largest absolute Gasteiger partial charge is 0.324 e. The third-order valence-electron chi connectivity index (χ3n) is 5.56. The molecule has 0 spiro atoms. The number of anilines is 2. The van der Waals surface area contributed by atoms with E-state index in [0.717, 1.165) is 37.2 Å². The van der Waals surface area contributed by atoms with Crippen LogP contribution in [0.5, 0.6) is 0 Å². The molecule has 0 aromatic heterocycles. The lowest BCUT2D eigenvalue weighted by Crippen LogP contribution is -2.32. The highest BCUT2D eigenvalue weighted by molar-refractivity contribution is 7.20. The second-order valence-electron chi connectivity index (χ2n) is 8.73. The van der Waals surface area contributed by atoms with Crippen LogP contribution in [-0.4, -0.2) is 12.5 Å². The van der Waals surface area contributed by atoms with Gasteiger partial charge in [-0.25, -0.2) is 0 Å². The highest BCUT2D eigenvalue weighted by Crippen LogP contribution is 2.36. The van der Waals surface area contributed by atoms with Gasteiger partial charge in [-0.15, -0.1) is 15.8 Å². The number of para-hydroxylation sites is 1. The van der Waals surface area contributed by atoms with Crippen molar-refractivity contribution in [2.24, 2.45) is 5.41 Å². The fraction of sp³-hybridized carbons (Fsp3) is 0.321. The Morgan fingerprint density at radius 1 is 1.16 bits per heavy atom. The molecule has 32 heavy (non-hydrogen) atoms. The van der Waals surface area contributed by atoms with Crippen molar-refractivity contribution in [2.75, 3.05) is 16.3 Å². The molecule has 1 aliphatic heterocycles. The van der Waals surface area contributed by atoms with Crippen molar-refractivity contribution in [3.63, 3.8) is 0 Å². The van der Waals surface area contributed by atoms with Crippen molar-refractivity contribution in [1.82, 2.24) is 0 Å².